The van der Waals surface area contributed by atoms with E-state index >= 15 is 0 Å². The molecule has 0 atom stereocenters. The second-order valence-electron chi connectivity index (χ2n) is 4.63. The number of nitrogens with one attached hydrogen (secondary N) is 2. The molecule has 0 spiro atoms. The fraction of sp³-hybridized carbons (Fsp3) is 0.909. The van der Waals surface area contributed by atoms with Gasteiger partial charge in [0, 0.05) is 6.04 Å². The van der Waals surface area contributed by atoms with Gasteiger partial charge in [0.25, 0.3) is 0 Å². The van der Waals surface area contributed by atoms with Crippen LogP contribution in [-0.2, 0) is 4.79 Å². The highest BCUT2D eigenvalue weighted by atomic mass is 35.5. The monoisotopic (exact) mass is 232 g/mol. The molecule has 2 rings (SSSR count). The summed E-state index contributed by atoms with van der Waals surface area (Å²) in [5.41, 5.74) is -0.0617. The molecule has 0 aromatic rings. The molecule has 3 nitrogen and oxygen atoms in total. The molecule has 1 aliphatic heterocycles. The van der Waals surface area contributed by atoms with Crippen LogP contribution in [0.3, 0.4) is 0 Å². The van der Waals surface area contributed by atoms with Crippen LogP contribution in [0.2, 0.25) is 0 Å². The van der Waals surface area contributed by atoms with E-state index in [1.165, 1.54) is 12.8 Å². The average molecular weight is 233 g/mol. The van der Waals surface area contributed by atoms with E-state index in [-0.39, 0.29) is 17.8 Å². The van der Waals surface area contributed by atoms with Crippen molar-refractivity contribution in [1.29, 1.82) is 0 Å². The molecule has 0 radical (unpaired) electrons. The summed E-state index contributed by atoms with van der Waals surface area (Å²) >= 11 is 0. The minimum Gasteiger partial charge on any atom is -0.353 e. The maximum Gasteiger partial charge on any atom is 0.226 e. The van der Waals surface area contributed by atoms with E-state index in [9.17, 15) is 4.79 Å². The molecular weight excluding hydrogens is 212 g/mol. The molecule has 2 N–H and O–H groups in total. The fourth-order valence-electron chi connectivity index (χ4n) is 2.21. The maximum atomic E-state index is 12.1. The van der Waals surface area contributed by atoms with Gasteiger partial charge >= 0.3 is 0 Å². The number of carbonyl (C=O) groups is 1. The van der Waals surface area contributed by atoms with Crippen LogP contribution in [0.1, 0.15) is 39.0 Å². The summed E-state index contributed by atoms with van der Waals surface area (Å²) in [6.45, 7) is 4.12. The van der Waals surface area contributed by atoms with E-state index in [1.54, 1.807) is 0 Å². The van der Waals surface area contributed by atoms with Crippen molar-refractivity contribution in [3.05, 3.63) is 0 Å². The minimum absolute atomic E-state index is 0. The molecule has 1 aliphatic carbocycles. The lowest BCUT2D eigenvalue weighted by molar-refractivity contribution is -0.133. The average Bonchev–Trinajstić information content (AvgIpc) is 3.02. The van der Waals surface area contributed by atoms with Gasteiger partial charge in [0.05, 0.1) is 5.41 Å². The summed E-state index contributed by atoms with van der Waals surface area (Å²) in [4.78, 5) is 12.1. The van der Waals surface area contributed by atoms with Gasteiger partial charge in [-0.2, -0.15) is 0 Å². The topological polar surface area (TPSA) is 41.1 Å². The van der Waals surface area contributed by atoms with Gasteiger partial charge in [-0.3, -0.25) is 4.79 Å². The zero-order valence-electron chi connectivity index (χ0n) is 9.34. The minimum atomic E-state index is -0.0617. The molecule has 1 saturated heterocycles. The summed E-state index contributed by atoms with van der Waals surface area (Å²) in [6.07, 6.45) is 5.35. The second-order valence-corrected chi connectivity index (χ2v) is 4.63. The first kappa shape index (κ1) is 12.8. The Kier molecular flexibility index (Phi) is 4.41. The molecule has 0 aromatic heterocycles. The molecule has 88 valence electrons. The van der Waals surface area contributed by atoms with E-state index in [4.69, 9.17) is 0 Å². The van der Waals surface area contributed by atoms with E-state index in [1.807, 2.05) is 0 Å². The van der Waals surface area contributed by atoms with Crippen molar-refractivity contribution in [2.24, 2.45) is 5.41 Å². The van der Waals surface area contributed by atoms with Gasteiger partial charge in [-0.1, -0.05) is 6.92 Å². The summed E-state index contributed by atoms with van der Waals surface area (Å²) in [5, 5.41) is 6.47. The van der Waals surface area contributed by atoms with Crippen molar-refractivity contribution in [2.45, 2.75) is 45.1 Å². The molecule has 2 fully saturated rings. The standard InChI is InChI=1S/C11H20N2O.ClH/c1-2-11(5-7-12-8-6-11)10(14)13-9-3-4-9;/h9,12H,2-8H2,1H3,(H,13,14);1H. The van der Waals surface area contributed by atoms with Crippen LogP contribution in [0.15, 0.2) is 0 Å². The SMILES string of the molecule is CCC1(C(=O)NC2CC2)CCNCC1.Cl. The van der Waals surface area contributed by atoms with E-state index < -0.39 is 0 Å². The molecule has 0 aromatic carbocycles. The first-order valence-electron chi connectivity index (χ1n) is 5.78. The van der Waals surface area contributed by atoms with Crippen LogP contribution < -0.4 is 10.6 Å². The van der Waals surface area contributed by atoms with Crippen LogP contribution in [-0.4, -0.2) is 25.0 Å². The third-order valence-corrected chi connectivity index (χ3v) is 3.63. The van der Waals surface area contributed by atoms with Gasteiger partial charge in [0.1, 0.15) is 0 Å². The zero-order valence-corrected chi connectivity index (χ0v) is 10.2. The number of piperidine rings is 1. The summed E-state index contributed by atoms with van der Waals surface area (Å²) in [6, 6.07) is 0.501. The quantitative estimate of drug-likeness (QED) is 0.774. The van der Waals surface area contributed by atoms with E-state index in [0.717, 1.165) is 32.4 Å². The van der Waals surface area contributed by atoms with Crippen LogP contribution in [0.25, 0.3) is 0 Å². The number of hydrogen-bond acceptors (Lipinski definition) is 2. The van der Waals surface area contributed by atoms with Crippen molar-refractivity contribution in [2.75, 3.05) is 13.1 Å². The van der Waals surface area contributed by atoms with Crippen molar-refractivity contribution < 1.29 is 4.79 Å². The largest absolute Gasteiger partial charge is 0.353 e. The van der Waals surface area contributed by atoms with Crippen molar-refractivity contribution in [1.82, 2.24) is 10.6 Å². The van der Waals surface area contributed by atoms with Crippen LogP contribution >= 0.6 is 12.4 Å². The normalized spacial score (nSPS) is 24.1. The van der Waals surface area contributed by atoms with Gasteiger partial charge in [-0.05, 0) is 45.2 Å². The third kappa shape index (κ3) is 2.85. The van der Waals surface area contributed by atoms with Crippen molar-refractivity contribution in [3.63, 3.8) is 0 Å². The zero-order chi connectivity index (χ0) is 10.0. The summed E-state index contributed by atoms with van der Waals surface area (Å²) in [7, 11) is 0. The Hall–Kier alpha value is -0.280. The number of hydrogen-bond donors (Lipinski definition) is 2. The van der Waals surface area contributed by atoms with Gasteiger partial charge in [-0.25, -0.2) is 0 Å². The molecular formula is C11H21ClN2O. The molecule has 1 amide bonds. The van der Waals surface area contributed by atoms with Crippen LogP contribution in [0.5, 0.6) is 0 Å². The highest BCUT2D eigenvalue weighted by molar-refractivity contribution is 5.85. The van der Waals surface area contributed by atoms with Crippen molar-refractivity contribution in [3.8, 4) is 0 Å². The van der Waals surface area contributed by atoms with Gasteiger partial charge in [0.2, 0.25) is 5.91 Å². The Labute approximate surface area is 97.8 Å². The van der Waals surface area contributed by atoms with Crippen LogP contribution in [0.4, 0.5) is 0 Å². The lowest BCUT2D eigenvalue weighted by Gasteiger charge is -2.35. The Balaban J connectivity index is 0.00000112. The van der Waals surface area contributed by atoms with E-state index in [2.05, 4.69) is 17.6 Å². The Bertz CT molecular complexity index is 223. The first-order valence-corrected chi connectivity index (χ1v) is 5.78. The number of rotatable bonds is 3. The molecule has 1 heterocycles. The smallest absolute Gasteiger partial charge is 0.226 e. The molecule has 2 aliphatic rings. The molecule has 0 bridgehead atoms. The van der Waals surface area contributed by atoms with E-state index in [0.29, 0.717) is 11.9 Å². The number of amides is 1. The predicted molar refractivity (Wildman–Crippen MR) is 63.2 cm³/mol. The number of carbonyl (C=O) groups excluding carboxylic acids is 1. The van der Waals surface area contributed by atoms with Crippen LogP contribution in [0, 0.1) is 5.41 Å². The summed E-state index contributed by atoms with van der Waals surface area (Å²) < 4.78 is 0. The summed E-state index contributed by atoms with van der Waals surface area (Å²) in [5.74, 6) is 0.309. The van der Waals surface area contributed by atoms with Gasteiger partial charge in [-0.15, -0.1) is 12.4 Å². The predicted octanol–water partition coefficient (Wildman–Crippen LogP) is 1.47. The highest BCUT2D eigenvalue weighted by Gasteiger charge is 2.39. The Morgan fingerprint density at radius 1 is 1.40 bits per heavy atom. The fourth-order valence-corrected chi connectivity index (χ4v) is 2.21. The number of halogens is 1. The highest BCUT2D eigenvalue weighted by Crippen LogP contribution is 2.34. The Morgan fingerprint density at radius 2 is 2.00 bits per heavy atom. The molecule has 0 unspecified atom stereocenters. The first-order chi connectivity index (χ1) is 6.77. The Morgan fingerprint density at radius 3 is 2.47 bits per heavy atom. The van der Waals surface area contributed by atoms with Gasteiger partial charge in [0.15, 0.2) is 0 Å². The second kappa shape index (κ2) is 5.17. The maximum absolute atomic E-state index is 12.1. The molecule has 4 heteroatoms. The third-order valence-electron chi connectivity index (χ3n) is 3.63. The lowest BCUT2D eigenvalue weighted by Crippen LogP contribution is -2.47. The lowest BCUT2D eigenvalue weighted by atomic mass is 9.76. The molecule has 1 saturated carbocycles. The molecule has 15 heavy (non-hydrogen) atoms. The van der Waals surface area contributed by atoms with Gasteiger partial charge < -0.3 is 10.6 Å². The van der Waals surface area contributed by atoms with Crippen molar-refractivity contribution >= 4 is 18.3 Å².